The molecule has 7 nitrogen and oxygen atoms in total. The molecule has 29 heavy (non-hydrogen) atoms. The number of para-hydroxylation sites is 1. The molecule has 8 heteroatoms. The second kappa shape index (κ2) is 8.48. The van der Waals surface area contributed by atoms with Gasteiger partial charge in [0.1, 0.15) is 5.82 Å². The van der Waals surface area contributed by atoms with Crippen LogP contribution < -0.4 is 10.6 Å². The zero-order chi connectivity index (χ0) is 20.2. The lowest BCUT2D eigenvalue weighted by Gasteiger charge is -2.05. The number of amides is 2. The fraction of sp³-hybridized carbons (Fsp3) is 0.238. The first-order chi connectivity index (χ1) is 14.1. The van der Waals surface area contributed by atoms with Gasteiger partial charge in [-0.25, -0.2) is 9.67 Å². The van der Waals surface area contributed by atoms with Crippen LogP contribution in [0.1, 0.15) is 34.9 Å². The highest BCUT2D eigenvalue weighted by Gasteiger charge is 2.30. The van der Waals surface area contributed by atoms with Crippen LogP contribution in [0.5, 0.6) is 0 Å². The zero-order valence-corrected chi connectivity index (χ0v) is 16.8. The molecule has 1 aliphatic carbocycles. The van der Waals surface area contributed by atoms with Crippen LogP contribution in [-0.2, 0) is 4.79 Å². The Labute approximate surface area is 172 Å². The molecule has 2 aromatic carbocycles. The Kier molecular flexibility index (Phi) is 5.62. The van der Waals surface area contributed by atoms with Crippen molar-refractivity contribution in [2.75, 3.05) is 18.1 Å². The maximum Gasteiger partial charge on any atom is 0.251 e. The van der Waals surface area contributed by atoms with Crippen LogP contribution >= 0.6 is 11.8 Å². The molecule has 1 saturated carbocycles. The van der Waals surface area contributed by atoms with Crippen molar-refractivity contribution in [3.05, 3.63) is 66.0 Å². The van der Waals surface area contributed by atoms with Gasteiger partial charge in [0.15, 0.2) is 0 Å². The lowest BCUT2D eigenvalue weighted by Crippen LogP contribution is -2.18. The predicted octanol–water partition coefficient (Wildman–Crippen LogP) is 3.24. The van der Waals surface area contributed by atoms with Crippen LogP contribution in [0, 0.1) is 0 Å². The van der Waals surface area contributed by atoms with E-state index in [0.717, 1.165) is 24.4 Å². The van der Waals surface area contributed by atoms with Crippen LogP contribution in [0.15, 0.2) is 59.8 Å². The van der Waals surface area contributed by atoms with Crippen molar-refractivity contribution in [3.63, 3.8) is 0 Å². The van der Waals surface area contributed by atoms with E-state index in [1.807, 2.05) is 35.0 Å². The first-order valence-corrected chi connectivity index (χ1v) is 10.4. The number of carbonyl (C=O) groups excluding carboxylic acids is 2. The number of benzene rings is 2. The molecule has 148 valence electrons. The lowest BCUT2D eigenvalue weighted by atomic mass is 10.2. The number of hydrogen-bond donors (Lipinski definition) is 2. The van der Waals surface area contributed by atoms with Gasteiger partial charge in [0.25, 0.3) is 5.91 Å². The average Bonchev–Trinajstić information content (AvgIpc) is 3.52. The Morgan fingerprint density at radius 3 is 2.48 bits per heavy atom. The minimum Gasteiger partial charge on any atom is -0.355 e. The van der Waals surface area contributed by atoms with Gasteiger partial charge in [-0.15, -0.1) is 5.10 Å². The van der Waals surface area contributed by atoms with Crippen molar-refractivity contribution in [1.82, 2.24) is 20.1 Å². The van der Waals surface area contributed by atoms with Crippen LogP contribution in [0.2, 0.25) is 0 Å². The van der Waals surface area contributed by atoms with Gasteiger partial charge in [0, 0.05) is 24.2 Å². The molecule has 1 heterocycles. The van der Waals surface area contributed by atoms with Crippen LogP contribution in [0.4, 0.5) is 5.69 Å². The number of nitrogens with one attached hydrogen (secondary N) is 2. The molecule has 1 fully saturated rings. The van der Waals surface area contributed by atoms with Crippen molar-refractivity contribution < 1.29 is 9.59 Å². The molecule has 3 aromatic rings. The number of hydrogen-bond acceptors (Lipinski definition) is 5. The summed E-state index contributed by atoms with van der Waals surface area (Å²) in [5.41, 5.74) is 2.17. The number of carbonyl (C=O) groups is 2. The Balaban J connectivity index is 1.39. The summed E-state index contributed by atoms with van der Waals surface area (Å²) >= 11 is 1.32. The van der Waals surface area contributed by atoms with Gasteiger partial charge in [-0.3, -0.25) is 9.59 Å². The van der Waals surface area contributed by atoms with E-state index in [2.05, 4.69) is 20.7 Å². The summed E-state index contributed by atoms with van der Waals surface area (Å²) in [6, 6.07) is 16.7. The Morgan fingerprint density at radius 2 is 1.83 bits per heavy atom. The summed E-state index contributed by atoms with van der Waals surface area (Å²) < 4.78 is 1.88. The SMILES string of the molecule is CNC(=O)c1ccc(NC(=O)CSc2nc(C3CC3)n(-c3ccccc3)n2)cc1. The summed E-state index contributed by atoms with van der Waals surface area (Å²) in [5.74, 6) is 1.31. The van der Waals surface area contributed by atoms with Gasteiger partial charge in [0.05, 0.1) is 11.4 Å². The molecule has 2 N–H and O–H groups in total. The predicted molar refractivity (Wildman–Crippen MR) is 113 cm³/mol. The molecule has 1 aromatic heterocycles. The Morgan fingerprint density at radius 1 is 1.10 bits per heavy atom. The second-order valence-corrected chi connectivity index (χ2v) is 7.71. The summed E-state index contributed by atoms with van der Waals surface area (Å²) in [6.07, 6.45) is 2.25. The van der Waals surface area contributed by atoms with Crippen molar-refractivity contribution in [1.29, 1.82) is 0 Å². The van der Waals surface area contributed by atoms with Crippen LogP contribution in [0.3, 0.4) is 0 Å². The van der Waals surface area contributed by atoms with Crippen molar-refractivity contribution in [2.45, 2.75) is 23.9 Å². The normalized spacial score (nSPS) is 13.1. The van der Waals surface area contributed by atoms with E-state index in [9.17, 15) is 9.59 Å². The quantitative estimate of drug-likeness (QED) is 0.587. The maximum atomic E-state index is 12.3. The van der Waals surface area contributed by atoms with E-state index in [0.29, 0.717) is 22.3 Å². The summed E-state index contributed by atoms with van der Waals surface area (Å²) in [4.78, 5) is 28.5. The van der Waals surface area contributed by atoms with E-state index >= 15 is 0 Å². The van der Waals surface area contributed by atoms with Gasteiger partial charge in [-0.1, -0.05) is 30.0 Å². The monoisotopic (exact) mass is 407 g/mol. The fourth-order valence-corrected chi connectivity index (χ4v) is 3.54. The van der Waals surface area contributed by atoms with Gasteiger partial charge in [-0.2, -0.15) is 0 Å². The topological polar surface area (TPSA) is 88.9 Å². The number of thioether (sulfide) groups is 1. The number of nitrogens with zero attached hydrogens (tertiary/aromatic N) is 3. The molecule has 0 saturated heterocycles. The first kappa shape index (κ1) is 19.2. The van der Waals surface area contributed by atoms with Gasteiger partial charge >= 0.3 is 0 Å². The van der Waals surface area contributed by atoms with E-state index in [4.69, 9.17) is 0 Å². The van der Waals surface area contributed by atoms with Crippen molar-refractivity contribution in [3.8, 4) is 5.69 Å². The third-order valence-electron chi connectivity index (χ3n) is 4.55. The second-order valence-electron chi connectivity index (χ2n) is 6.77. The fourth-order valence-electron chi connectivity index (χ4n) is 2.91. The molecule has 0 radical (unpaired) electrons. The smallest absolute Gasteiger partial charge is 0.251 e. The largest absolute Gasteiger partial charge is 0.355 e. The Hall–Kier alpha value is -3.13. The van der Waals surface area contributed by atoms with Crippen molar-refractivity contribution in [2.24, 2.45) is 0 Å². The molecule has 1 aliphatic rings. The molecular formula is C21H21N5O2S. The molecule has 2 amide bonds. The van der Waals surface area contributed by atoms with Crippen LogP contribution in [0.25, 0.3) is 5.69 Å². The number of anilines is 1. The first-order valence-electron chi connectivity index (χ1n) is 9.41. The lowest BCUT2D eigenvalue weighted by molar-refractivity contribution is -0.113. The average molecular weight is 407 g/mol. The summed E-state index contributed by atoms with van der Waals surface area (Å²) in [6.45, 7) is 0. The summed E-state index contributed by atoms with van der Waals surface area (Å²) in [5, 5.41) is 10.6. The zero-order valence-electron chi connectivity index (χ0n) is 16.0. The van der Waals surface area contributed by atoms with Crippen molar-refractivity contribution >= 4 is 29.3 Å². The van der Waals surface area contributed by atoms with E-state index in [1.54, 1.807) is 31.3 Å². The van der Waals surface area contributed by atoms with Crippen LogP contribution in [-0.4, -0.2) is 39.4 Å². The minimum absolute atomic E-state index is 0.147. The van der Waals surface area contributed by atoms with Gasteiger partial charge in [-0.05, 0) is 49.2 Å². The number of aromatic nitrogens is 3. The molecular weight excluding hydrogens is 386 g/mol. The highest BCUT2D eigenvalue weighted by atomic mass is 32.2. The van der Waals surface area contributed by atoms with E-state index < -0.39 is 0 Å². The molecule has 4 rings (SSSR count). The third-order valence-corrected chi connectivity index (χ3v) is 5.38. The third kappa shape index (κ3) is 4.65. The highest BCUT2D eigenvalue weighted by Crippen LogP contribution is 2.40. The standard InChI is InChI=1S/C21H21N5O2S/c1-22-20(28)15-9-11-16(12-10-15)23-18(27)13-29-21-24-19(14-7-8-14)26(25-21)17-5-3-2-4-6-17/h2-6,9-12,14H,7-8,13H2,1H3,(H,22,28)(H,23,27). The maximum absolute atomic E-state index is 12.3. The Bertz CT molecular complexity index is 1010. The highest BCUT2D eigenvalue weighted by molar-refractivity contribution is 7.99. The van der Waals surface area contributed by atoms with Gasteiger partial charge in [0.2, 0.25) is 11.1 Å². The number of rotatable bonds is 7. The van der Waals surface area contributed by atoms with E-state index in [-0.39, 0.29) is 17.6 Å². The molecule has 0 unspecified atom stereocenters. The van der Waals surface area contributed by atoms with Gasteiger partial charge < -0.3 is 10.6 Å². The van der Waals surface area contributed by atoms with E-state index in [1.165, 1.54) is 11.8 Å². The summed E-state index contributed by atoms with van der Waals surface area (Å²) in [7, 11) is 1.58. The molecule has 0 atom stereocenters. The molecule has 0 aliphatic heterocycles. The molecule has 0 bridgehead atoms. The molecule has 0 spiro atoms. The minimum atomic E-state index is -0.162.